The van der Waals surface area contributed by atoms with Crippen molar-refractivity contribution in [3.63, 3.8) is 0 Å². The van der Waals surface area contributed by atoms with Crippen molar-refractivity contribution < 1.29 is 15.1 Å². The van der Waals surface area contributed by atoms with Crippen molar-refractivity contribution in [3.05, 3.63) is 34.3 Å². The fourth-order valence-corrected chi connectivity index (χ4v) is 1.83. The van der Waals surface area contributed by atoms with Crippen LogP contribution in [0.15, 0.2) is 28.7 Å². The summed E-state index contributed by atoms with van der Waals surface area (Å²) in [4.78, 5) is 12.8. The van der Waals surface area contributed by atoms with E-state index >= 15 is 0 Å². The summed E-state index contributed by atoms with van der Waals surface area (Å²) < 4.78 is 0.953. The van der Waals surface area contributed by atoms with Crippen molar-refractivity contribution in [2.24, 2.45) is 0 Å². The minimum atomic E-state index is -0.630. The number of urea groups is 1. The number of hydroxylamine groups is 1. The third-order valence-corrected chi connectivity index (χ3v) is 3.05. The molecule has 94 valence electrons. The molecule has 0 aliphatic heterocycles. The van der Waals surface area contributed by atoms with Gasteiger partial charge in [0.2, 0.25) is 0 Å². The normalized spacial score (nSPS) is 12.0. The summed E-state index contributed by atoms with van der Waals surface area (Å²) in [6.45, 7) is 1.83. The van der Waals surface area contributed by atoms with Crippen LogP contribution in [0.1, 0.15) is 18.5 Å². The van der Waals surface area contributed by atoms with Gasteiger partial charge in [-0.2, -0.15) is 0 Å². The molecule has 1 unspecified atom stereocenters. The highest BCUT2D eigenvalue weighted by molar-refractivity contribution is 9.10. The van der Waals surface area contributed by atoms with Gasteiger partial charge >= 0.3 is 6.03 Å². The first kappa shape index (κ1) is 14.0. The molecule has 1 rings (SSSR count). The smallest absolute Gasteiger partial charge is 0.341 e. The van der Waals surface area contributed by atoms with E-state index in [0.717, 1.165) is 10.0 Å². The molecule has 6 heteroatoms. The maximum absolute atomic E-state index is 11.4. The Morgan fingerprint density at radius 3 is 2.53 bits per heavy atom. The molecular formula is C11H15BrN2O3. The number of benzene rings is 1. The molecule has 3 N–H and O–H groups in total. The van der Waals surface area contributed by atoms with Crippen LogP contribution in [0.4, 0.5) is 4.79 Å². The highest BCUT2D eigenvalue weighted by atomic mass is 79.9. The lowest BCUT2D eigenvalue weighted by Crippen LogP contribution is -2.41. The van der Waals surface area contributed by atoms with Crippen LogP contribution in [-0.2, 0) is 0 Å². The predicted octanol–water partition coefficient (Wildman–Crippen LogP) is 1.90. The van der Waals surface area contributed by atoms with Gasteiger partial charge in [0.1, 0.15) is 0 Å². The minimum Gasteiger partial charge on any atom is -0.395 e. The van der Waals surface area contributed by atoms with E-state index in [-0.39, 0.29) is 19.2 Å². The van der Waals surface area contributed by atoms with Gasteiger partial charge in [0.15, 0.2) is 0 Å². The number of hydrogen-bond donors (Lipinski definition) is 3. The highest BCUT2D eigenvalue weighted by Gasteiger charge is 2.20. The van der Waals surface area contributed by atoms with E-state index in [1.54, 1.807) is 5.48 Å². The average Bonchev–Trinajstić information content (AvgIpc) is 2.35. The zero-order valence-corrected chi connectivity index (χ0v) is 11.0. The molecule has 0 fully saturated rings. The monoisotopic (exact) mass is 302 g/mol. The average molecular weight is 303 g/mol. The van der Waals surface area contributed by atoms with Crippen LogP contribution < -0.4 is 5.48 Å². The molecule has 1 aromatic rings. The Labute approximate surface area is 108 Å². The molecule has 0 spiro atoms. The molecule has 0 aliphatic carbocycles. The van der Waals surface area contributed by atoms with Crippen LogP contribution in [-0.4, -0.2) is 34.4 Å². The van der Waals surface area contributed by atoms with Gasteiger partial charge < -0.3 is 10.0 Å². The van der Waals surface area contributed by atoms with Gasteiger partial charge in [0.05, 0.1) is 12.6 Å². The molecule has 17 heavy (non-hydrogen) atoms. The van der Waals surface area contributed by atoms with E-state index in [1.165, 1.54) is 4.90 Å². The summed E-state index contributed by atoms with van der Waals surface area (Å²) in [5.41, 5.74) is 2.50. The summed E-state index contributed by atoms with van der Waals surface area (Å²) in [5.74, 6) is 0. The van der Waals surface area contributed by atoms with E-state index < -0.39 is 6.03 Å². The molecule has 0 bridgehead atoms. The van der Waals surface area contributed by atoms with Crippen LogP contribution in [0.2, 0.25) is 0 Å². The second-order valence-electron chi connectivity index (χ2n) is 3.56. The summed E-state index contributed by atoms with van der Waals surface area (Å²) in [5, 5.41) is 17.6. The van der Waals surface area contributed by atoms with E-state index in [2.05, 4.69) is 15.9 Å². The first-order valence-corrected chi connectivity index (χ1v) is 5.96. The summed E-state index contributed by atoms with van der Waals surface area (Å²) in [7, 11) is 0. The largest absolute Gasteiger partial charge is 0.395 e. The van der Waals surface area contributed by atoms with Crippen LogP contribution in [0.3, 0.4) is 0 Å². The van der Waals surface area contributed by atoms with E-state index in [1.807, 2.05) is 31.2 Å². The number of carbonyl (C=O) groups is 1. The van der Waals surface area contributed by atoms with Gasteiger partial charge in [-0.3, -0.25) is 5.21 Å². The number of nitrogens with one attached hydrogen (secondary N) is 1. The van der Waals surface area contributed by atoms with Gasteiger partial charge in [-0.15, -0.1) is 0 Å². The number of amides is 2. The fourth-order valence-electron chi connectivity index (χ4n) is 1.56. The quantitative estimate of drug-likeness (QED) is 0.587. The number of nitrogens with zero attached hydrogens (tertiary/aromatic N) is 1. The number of carbonyl (C=O) groups excluding carboxylic acids is 1. The third-order valence-electron chi connectivity index (χ3n) is 2.52. The molecule has 5 nitrogen and oxygen atoms in total. The maximum atomic E-state index is 11.4. The number of aliphatic hydroxyl groups excluding tert-OH is 1. The zero-order chi connectivity index (χ0) is 12.8. The molecule has 0 saturated heterocycles. The third kappa shape index (κ3) is 3.69. The Balaban J connectivity index is 2.86. The molecule has 0 saturated carbocycles. The molecular weight excluding hydrogens is 288 g/mol. The Morgan fingerprint density at radius 2 is 2.06 bits per heavy atom. The van der Waals surface area contributed by atoms with Crippen molar-refractivity contribution in [1.82, 2.24) is 10.4 Å². The predicted molar refractivity (Wildman–Crippen MR) is 66.7 cm³/mol. The maximum Gasteiger partial charge on any atom is 0.341 e. The molecule has 1 atom stereocenters. The topological polar surface area (TPSA) is 72.8 Å². The second kappa shape index (κ2) is 6.58. The fraction of sp³-hybridized carbons (Fsp3) is 0.364. The standard InChI is InChI=1S/C11H15BrN2O3/c1-8(9-2-4-10(12)5-3-9)14(6-7-15)11(16)13-17/h2-5,8,15,17H,6-7H2,1H3,(H,13,16). The lowest BCUT2D eigenvalue weighted by atomic mass is 10.1. The summed E-state index contributed by atoms with van der Waals surface area (Å²) >= 11 is 3.33. The van der Waals surface area contributed by atoms with Crippen LogP contribution in [0, 0.1) is 0 Å². The van der Waals surface area contributed by atoms with Crippen LogP contribution in [0.25, 0.3) is 0 Å². The zero-order valence-electron chi connectivity index (χ0n) is 9.43. The molecule has 1 aromatic carbocycles. The van der Waals surface area contributed by atoms with E-state index in [9.17, 15) is 4.79 Å². The first-order valence-electron chi connectivity index (χ1n) is 5.17. The van der Waals surface area contributed by atoms with E-state index in [0.29, 0.717) is 0 Å². The number of rotatable bonds is 4. The van der Waals surface area contributed by atoms with Crippen molar-refractivity contribution in [3.8, 4) is 0 Å². The van der Waals surface area contributed by atoms with Crippen molar-refractivity contribution in [1.29, 1.82) is 0 Å². The van der Waals surface area contributed by atoms with Gasteiger partial charge in [-0.05, 0) is 24.6 Å². The Bertz CT molecular complexity index is 369. The highest BCUT2D eigenvalue weighted by Crippen LogP contribution is 2.21. The number of aliphatic hydroxyl groups is 1. The summed E-state index contributed by atoms with van der Waals surface area (Å²) in [6, 6.07) is 6.64. The van der Waals surface area contributed by atoms with Crippen molar-refractivity contribution >= 4 is 22.0 Å². The number of halogens is 1. The van der Waals surface area contributed by atoms with Gasteiger partial charge in [0.25, 0.3) is 0 Å². The Kier molecular flexibility index (Phi) is 5.40. The van der Waals surface area contributed by atoms with Crippen molar-refractivity contribution in [2.75, 3.05) is 13.2 Å². The lowest BCUT2D eigenvalue weighted by molar-refractivity contribution is 0.107. The molecule has 2 amide bonds. The molecule has 0 radical (unpaired) electrons. The Morgan fingerprint density at radius 1 is 1.47 bits per heavy atom. The van der Waals surface area contributed by atoms with E-state index in [4.69, 9.17) is 10.3 Å². The van der Waals surface area contributed by atoms with Gasteiger partial charge in [-0.1, -0.05) is 28.1 Å². The minimum absolute atomic E-state index is 0.156. The number of hydrogen-bond acceptors (Lipinski definition) is 3. The van der Waals surface area contributed by atoms with Gasteiger partial charge in [-0.25, -0.2) is 10.3 Å². The Hall–Kier alpha value is -1.11. The molecule has 0 aliphatic rings. The van der Waals surface area contributed by atoms with Crippen molar-refractivity contribution in [2.45, 2.75) is 13.0 Å². The molecule has 0 aromatic heterocycles. The van der Waals surface area contributed by atoms with Gasteiger partial charge in [0, 0.05) is 11.0 Å². The summed E-state index contributed by atoms with van der Waals surface area (Å²) in [6.07, 6.45) is 0. The van der Waals surface area contributed by atoms with Crippen LogP contribution >= 0.6 is 15.9 Å². The van der Waals surface area contributed by atoms with Crippen LogP contribution in [0.5, 0.6) is 0 Å². The lowest BCUT2D eigenvalue weighted by Gasteiger charge is -2.28. The SMILES string of the molecule is CC(c1ccc(Br)cc1)N(CCO)C(=O)NO. The molecule has 0 heterocycles. The second-order valence-corrected chi connectivity index (χ2v) is 4.48. The first-order chi connectivity index (χ1) is 8.10.